The summed E-state index contributed by atoms with van der Waals surface area (Å²) >= 11 is 0. The van der Waals surface area contributed by atoms with Crippen LogP contribution in [0.2, 0.25) is 0 Å². The van der Waals surface area contributed by atoms with Gasteiger partial charge >= 0.3 is 0 Å². The van der Waals surface area contributed by atoms with Crippen molar-refractivity contribution in [1.29, 1.82) is 0 Å². The Labute approximate surface area is 101 Å². The Morgan fingerprint density at radius 2 is 1.94 bits per heavy atom. The Morgan fingerprint density at radius 1 is 1.06 bits per heavy atom. The molecule has 0 aromatic rings. The monoisotopic (exact) mass is 240 g/mol. The van der Waals surface area contributed by atoms with Crippen LogP contribution in [-0.2, 0) is 9.47 Å². The van der Waals surface area contributed by atoms with Crippen LogP contribution >= 0.6 is 0 Å². The van der Waals surface area contributed by atoms with Crippen molar-refractivity contribution in [1.82, 2.24) is 0 Å². The molecule has 2 aliphatic heterocycles. The Kier molecular flexibility index (Phi) is 2.89. The summed E-state index contributed by atoms with van der Waals surface area (Å²) in [6.45, 7) is 1.00. The number of ether oxygens (including phenoxy) is 2. The maximum atomic E-state index is 6.03. The minimum Gasteiger partial charge on any atom is -0.380 e. The zero-order valence-corrected chi connectivity index (χ0v) is 12.5. The van der Waals surface area contributed by atoms with Crippen LogP contribution in [0.1, 0.15) is 57.8 Å². The zero-order valence-electron chi connectivity index (χ0n) is 10.5. The van der Waals surface area contributed by atoms with Crippen molar-refractivity contribution in [3.05, 3.63) is 0 Å². The summed E-state index contributed by atoms with van der Waals surface area (Å²) in [6.07, 6.45) is 12.5. The third-order valence-electron chi connectivity index (χ3n) is 4.85. The molecule has 3 atom stereocenters. The largest absolute Gasteiger partial charge is 0.380 e. The van der Waals surface area contributed by atoms with Crippen molar-refractivity contribution in [2.24, 2.45) is 0 Å². The molecule has 2 saturated heterocycles. The van der Waals surface area contributed by atoms with Crippen LogP contribution in [-0.4, -0.2) is 33.8 Å². The van der Waals surface area contributed by atoms with Gasteiger partial charge in [0, 0.05) is 22.1 Å². The predicted octanol–water partition coefficient (Wildman–Crippen LogP) is 1.74. The number of rotatable bonds is 3. The van der Waals surface area contributed by atoms with Crippen molar-refractivity contribution in [2.75, 3.05) is 6.61 Å². The molecule has 3 rings (SSSR count). The van der Waals surface area contributed by atoms with Crippen LogP contribution in [0.5, 0.6) is 0 Å². The van der Waals surface area contributed by atoms with Crippen molar-refractivity contribution in [3.63, 3.8) is 0 Å². The van der Waals surface area contributed by atoms with E-state index in [9.17, 15) is 0 Å². The normalized spacial score (nSPS) is 47.6. The maximum absolute atomic E-state index is 6.03. The van der Waals surface area contributed by atoms with E-state index in [0.29, 0.717) is 16.9 Å². The van der Waals surface area contributed by atoms with Gasteiger partial charge in [-0.1, -0.05) is 12.8 Å². The first-order chi connectivity index (χ1) is 7.73. The molecule has 92 valence electrons. The fourth-order valence-corrected chi connectivity index (χ4v) is 4.36. The van der Waals surface area contributed by atoms with Crippen molar-refractivity contribution in [3.8, 4) is 0 Å². The molecule has 0 aromatic heterocycles. The van der Waals surface area contributed by atoms with Crippen LogP contribution in [0, 0.1) is 0 Å². The summed E-state index contributed by atoms with van der Waals surface area (Å²) in [6, 6.07) is 0. The second kappa shape index (κ2) is 4.11. The van der Waals surface area contributed by atoms with Gasteiger partial charge in [-0.25, -0.2) is 0 Å². The van der Waals surface area contributed by atoms with E-state index in [4.69, 9.17) is 9.47 Å². The third-order valence-corrected chi connectivity index (χ3v) is 6.14. The zero-order chi connectivity index (χ0) is 11.1. The van der Waals surface area contributed by atoms with Gasteiger partial charge in [0.1, 0.15) is 0 Å². The standard InChI is InChI=1S/C13H24O2Si/c16-13(7-3-4-10-14-13)9-8-12-6-2-1-5-11(12)15-12/h11H,1-10H2,16H3. The molecule has 3 fully saturated rings. The van der Waals surface area contributed by atoms with Crippen LogP contribution in [0.25, 0.3) is 0 Å². The van der Waals surface area contributed by atoms with Crippen molar-refractivity contribution >= 4 is 10.2 Å². The highest BCUT2D eigenvalue weighted by Crippen LogP contribution is 2.51. The molecule has 1 aliphatic carbocycles. The van der Waals surface area contributed by atoms with Gasteiger partial charge in [-0.3, -0.25) is 0 Å². The maximum Gasteiger partial charge on any atom is 0.0949 e. The van der Waals surface area contributed by atoms with E-state index >= 15 is 0 Å². The number of hydrogen-bond donors (Lipinski definition) is 0. The molecule has 16 heavy (non-hydrogen) atoms. The summed E-state index contributed by atoms with van der Waals surface area (Å²) in [5.41, 5.74) is 0.316. The smallest absolute Gasteiger partial charge is 0.0949 e. The SMILES string of the molecule is [SiH3]C1(CCC23CCCCC2O3)CCCCO1. The van der Waals surface area contributed by atoms with E-state index in [2.05, 4.69) is 0 Å². The summed E-state index contributed by atoms with van der Waals surface area (Å²) < 4.78 is 12.0. The van der Waals surface area contributed by atoms with Crippen molar-refractivity contribution < 1.29 is 9.47 Å². The lowest BCUT2D eigenvalue weighted by atomic mass is 9.84. The van der Waals surface area contributed by atoms with Gasteiger partial charge in [0.15, 0.2) is 0 Å². The van der Waals surface area contributed by atoms with Crippen LogP contribution in [0.4, 0.5) is 0 Å². The average molecular weight is 240 g/mol. The lowest BCUT2D eigenvalue weighted by Gasteiger charge is -2.35. The first-order valence-corrected chi connectivity index (χ1v) is 8.04. The summed E-state index contributed by atoms with van der Waals surface area (Å²) in [5.74, 6) is 0. The minimum atomic E-state index is 0.293. The molecule has 3 unspecified atom stereocenters. The molecular formula is C13H24O2Si. The molecule has 2 heterocycles. The number of epoxide rings is 1. The van der Waals surface area contributed by atoms with E-state index in [1.807, 2.05) is 0 Å². The van der Waals surface area contributed by atoms with Gasteiger partial charge in [-0.2, -0.15) is 0 Å². The van der Waals surface area contributed by atoms with Crippen molar-refractivity contribution in [2.45, 2.75) is 74.7 Å². The molecule has 0 radical (unpaired) electrons. The molecule has 0 aromatic carbocycles. The van der Waals surface area contributed by atoms with E-state index in [-0.39, 0.29) is 0 Å². The average Bonchev–Trinajstić information content (AvgIpc) is 3.03. The molecule has 0 N–H and O–H groups in total. The molecule has 3 aliphatic rings. The fourth-order valence-electron chi connectivity index (χ4n) is 3.55. The quantitative estimate of drug-likeness (QED) is 0.554. The van der Waals surface area contributed by atoms with E-state index in [0.717, 1.165) is 6.61 Å². The Morgan fingerprint density at radius 3 is 2.69 bits per heavy atom. The van der Waals surface area contributed by atoms with E-state index < -0.39 is 0 Å². The third kappa shape index (κ3) is 2.09. The van der Waals surface area contributed by atoms with Crippen LogP contribution in [0.15, 0.2) is 0 Å². The van der Waals surface area contributed by atoms with Crippen LogP contribution in [0.3, 0.4) is 0 Å². The Hall–Kier alpha value is 0.137. The van der Waals surface area contributed by atoms with Gasteiger partial charge in [0.25, 0.3) is 0 Å². The lowest BCUT2D eigenvalue weighted by molar-refractivity contribution is -0.0274. The number of hydrogen-bond acceptors (Lipinski definition) is 2. The predicted molar refractivity (Wildman–Crippen MR) is 67.8 cm³/mol. The lowest BCUT2D eigenvalue weighted by Crippen LogP contribution is -2.38. The molecule has 1 saturated carbocycles. The molecule has 2 nitrogen and oxygen atoms in total. The van der Waals surface area contributed by atoms with E-state index in [1.165, 1.54) is 68.0 Å². The molecule has 0 bridgehead atoms. The first kappa shape index (κ1) is 11.2. The topological polar surface area (TPSA) is 21.8 Å². The highest BCUT2D eigenvalue weighted by Gasteiger charge is 2.56. The second-order valence-corrected chi connectivity index (χ2v) is 7.99. The molecule has 0 spiro atoms. The summed E-state index contributed by atoms with van der Waals surface area (Å²) in [5, 5.41) is 0.293. The van der Waals surface area contributed by atoms with Crippen LogP contribution < -0.4 is 0 Å². The van der Waals surface area contributed by atoms with Gasteiger partial charge in [-0.15, -0.1) is 0 Å². The van der Waals surface area contributed by atoms with Gasteiger partial charge in [-0.05, 0) is 44.9 Å². The van der Waals surface area contributed by atoms with E-state index in [1.54, 1.807) is 0 Å². The Bertz CT molecular complexity index is 255. The Balaban J connectivity index is 1.52. The summed E-state index contributed by atoms with van der Waals surface area (Å²) in [7, 11) is 1.19. The highest BCUT2D eigenvalue weighted by molar-refractivity contribution is 6.14. The fraction of sp³-hybridized carbons (Fsp3) is 1.00. The van der Waals surface area contributed by atoms with Gasteiger partial charge in [0.2, 0.25) is 0 Å². The number of fused-ring (bicyclic) bond motifs is 1. The van der Waals surface area contributed by atoms with Gasteiger partial charge in [0.05, 0.1) is 11.7 Å². The first-order valence-electron chi connectivity index (χ1n) is 7.04. The highest BCUT2D eigenvalue weighted by atomic mass is 28.1. The second-order valence-electron chi connectivity index (χ2n) is 6.17. The minimum absolute atomic E-state index is 0.293. The summed E-state index contributed by atoms with van der Waals surface area (Å²) in [4.78, 5) is 0. The van der Waals surface area contributed by atoms with Gasteiger partial charge < -0.3 is 9.47 Å². The molecule has 0 amide bonds. The molecular weight excluding hydrogens is 216 g/mol. The molecule has 3 heteroatoms.